The highest BCUT2D eigenvalue weighted by molar-refractivity contribution is 5.91. The number of rotatable bonds is 7. The van der Waals surface area contributed by atoms with Crippen LogP contribution in [0.1, 0.15) is 29.5 Å². The first-order valence-corrected chi connectivity index (χ1v) is 11.5. The van der Waals surface area contributed by atoms with Crippen LogP contribution in [0.2, 0.25) is 0 Å². The maximum absolute atomic E-state index is 13.3. The maximum atomic E-state index is 13.3. The number of methoxy groups -OCH3 is 1. The van der Waals surface area contributed by atoms with Gasteiger partial charge in [0.25, 0.3) is 5.56 Å². The molecule has 0 saturated carbocycles. The van der Waals surface area contributed by atoms with Crippen molar-refractivity contribution < 1.29 is 9.53 Å². The summed E-state index contributed by atoms with van der Waals surface area (Å²) in [6.45, 7) is 7.67. The monoisotopic (exact) mass is 448 g/mol. The fourth-order valence-corrected chi connectivity index (χ4v) is 4.40. The number of benzene rings is 2. The van der Waals surface area contributed by atoms with Crippen LogP contribution in [0.4, 0.5) is 10.5 Å². The summed E-state index contributed by atoms with van der Waals surface area (Å²) in [5.41, 5.74) is 4.00. The SMILES string of the molecule is COc1ccccc1NC(=O)N(CCN1CCCC1)Cc1cc2c(C)ccc(C)c2[nH]c1=O. The van der Waals surface area contributed by atoms with Crippen LogP contribution in [0.15, 0.2) is 47.3 Å². The zero-order chi connectivity index (χ0) is 23.4. The third kappa shape index (κ3) is 5.20. The van der Waals surface area contributed by atoms with Crippen molar-refractivity contribution in [2.45, 2.75) is 33.2 Å². The maximum Gasteiger partial charge on any atom is 0.322 e. The number of pyridine rings is 1. The molecule has 1 fully saturated rings. The fraction of sp³-hybridized carbons (Fsp3) is 0.385. The summed E-state index contributed by atoms with van der Waals surface area (Å²) >= 11 is 0. The van der Waals surface area contributed by atoms with Gasteiger partial charge in [-0.25, -0.2) is 4.79 Å². The largest absolute Gasteiger partial charge is 0.495 e. The minimum Gasteiger partial charge on any atom is -0.495 e. The molecule has 33 heavy (non-hydrogen) atoms. The first-order valence-electron chi connectivity index (χ1n) is 11.5. The van der Waals surface area contributed by atoms with Crippen LogP contribution in [0.5, 0.6) is 5.75 Å². The van der Waals surface area contributed by atoms with E-state index in [4.69, 9.17) is 4.74 Å². The van der Waals surface area contributed by atoms with Gasteiger partial charge in [0, 0.05) is 24.0 Å². The van der Waals surface area contributed by atoms with E-state index < -0.39 is 0 Å². The van der Waals surface area contributed by atoms with E-state index in [1.807, 2.05) is 50.2 Å². The number of fused-ring (bicyclic) bond motifs is 1. The highest BCUT2D eigenvalue weighted by Crippen LogP contribution is 2.24. The van der Waals surface area contributed by atoms with E-state index in [0.717, 1.165) is 41.7 Å². The van der Waals surface area contributed by atoms with Crippen LogP contribution in [0.25, 0.3) is 10.9 Å². The van der Waals surface area contributed by atoms with Gasteiger partial charge in [0.05, 0.1) is 24.9 Å². The normalized spacial score (nSPS) is 13.9. The molecule has 1 aliphatic rings. The second kappa shape index (κ2) is 10.1. The van der Waals surface area contributed by atoms with Crippen LogP contribution >= 0.6 is 0 Å². The Hall–Kier alpha value is -3.32. The third-order valence-electron chi connectivity index (χ3n) is 6.40. The van der Waals surface area contributed by atoms with E-state index in [1.165, 1.54) is 12.8 Å². The van der Waals surface area contributed by atoms with Crippen LogP contribution < -0.4 is 15.6 Å². The van der Waals surface area contributed by atoms with Crippen molar-refractivity contribution in [2.75, 3.05) is 38.6 Å². The van der Waals surface area contributed by atoms with Gasteiger partial charge in [-0.1, -0.05) is 24.3 Å². The molecule has 0 aliphatic carbocycles. The predicted octanol–water partition coefficient (Wildman–Crippen LogP) is 4.28. The van der Waals surface area contributed by atoms with Gasteiger partial charge in [-0.3, -0.25) is 4.79 Å². The van der Waals surface area contributed by atoms with Crippen LogP contribution in [0.3, 0.4) is 0 Å². The van der Waals surface area contributed by atoms with Gasteiger partial charge < -0.3 is 24.8 Å². The summed E-state index contributed by atoms with van der Waals surface area (Å²) in [6.07, 6.45) is 2.38. The molecule has 0 unspecified atom stereocenters. The number of carbonyl (C=O) groups is 1. The minimum absolute atomic E-state index is 0.160. The zero-order valence-electron chi connectivity index (χ0n) is 19.6. The number of nitrogens with one attached hydrogen (secondary N) is 2. The lowest BCUT2D eigenvalue weighted by atomic mass is 10.0. The molecule has 2 heterocycles. The van der Waals surface area contributed by atoms with E-state index in [1.54, 1.807) is 12.0 Å². The standard InChI is InChI=1S/C26H32N4O3/c1-18-10-11-19(2)24-21(18)16-20(25(31)28-24)17-30(15-14-29-12-6-7-13-29)26(32)27-22-8-4-5-9-23(22)33-3/h4-5,8-11,16H,6-7,12-15,17H2,1-3H3,(H,27,32)(H,28,31). The number of likely N-dealkylation sites (tertiary alicyclic amines) is 1. The number of H-pyrrole nitrogens is 1. The molecule has 1 aliphatic heterocycles. The Morgan fingerprint density at radius 1 is 1.12 bits per heavy atom. The lowest BCUT2D eigenvalue weighted by Crippen LogP contribution is -2.41. The second-order valence-corrected chi connectivity index (χ2v) is 8.71. The Bertz CT molecular complexity index is 1200. The summed E-state index contributed by atoms with van der Waals surface area (Å²) in [5, 5.41) is 3.97. The van der Waals surface area contributed by atoms with Gasteiger partial charge in [0.15, 0.2) is 0 Å². The third-order valence-corrected chi connectivity index (χ3v) is 6.40. The molecule has 174 valence electrons. The second-order valence-electron chi connectivity index (χ2n) is 8.71. The minimum atomic E-state index is -0.251. The molecule has 7 nitrogen and oxygen atoms in total. The lowest BCUT2D eigenvalue weighted by Gasteiger charge is -2.26. The van der Waals surface area contributed by atoms with Crippen molar-refractivity contribution in [3.63, 3.8) is 0 Å². The number of carbonyl (C=O) groups excluding carboxylic acids is 1. The van der Waals surface area contributed by atoms with Gasteiger partial charge in [0.2, 0.25) is 0 Å². The summed E-state index contributed by atoms with van der Waals surface area (Å²) < 4.78 is 5.38. The van der Waals surface area contributed by atoms with Crippen molar-refractivity contribution in [1.82, 2.24) is 14.8 Å². The number of urea groups is 1. The fourth-order valence-electron chi connectivity index (χ4n) is 4.40. The predicted molar refractivity (Wildman–Crippen MR) is 132 cm³/mol. The molecule has 0 spiro atoms. The first-order chi connectivity index (χ1) is 16.0. The highest BCUT2D eigenvalue weighted by atomic mass is 16.5. The number of anilines is 1. The Balaban J connectivity index is 1.61. The number of amides is 2. The summed E-state index contributed by atoms with van der Waals surface area (Å²) in [7, 11) is 1.58. The van der Waals surface area contributed by atoms with Gasteiger partial charge >= 0.3 is 6.03 Å². The number of nitrogens with zero attached hydrogens (tertiary/aromatic N) is 2. The van der Waals surface area contributed by atoms with Crippen LogP contribution in [-0.4, -0.2) is 54.1 Å². The first kappa shape index (κ1) is 22.9. The molecule has 2 aromatic carbocycles. The summed E-state index contributed by atoms with van der Waals surface area (Å²) in [6, 6.07) is 13.1. The Kier molecular flexibility index (Phi) is 6.99. The Morgan fingerprint density at radius 2 is 1.85 bits per heavy atom. The number of para-hydroxylation sites is 2. The lowest BCUT2D eigenvalue weighted by molar-refractivity contribution is 0.197. The van der Waals surface area contributed by atoms with Crippen LogP contribution in [-0.2, 0) is 6.54 Å². The molecule has 2 N–H and O–H groups in total. The average Bonchev–Trinajstić information content (AvgIpc) is 3.33. The van der Waals surface area contributed by atoms with Crippen molar-refractivity contribution in [1.29, 1.82) is 0 Å². The van der Waals surface area contributed by atoms with Gasteiger partial charge in [0.1, 0.15) is 5.75 Å². The van der Waals surface area contributed by atoms with Crippen molar-refractivity contribution >= 4 is 22.6 Å². The van der Waals surface area contributed by atoms with Gasteiger partial charge in [-0.2, -0.15) is 0 Å². The van der Waals surface area contributed by atoms with Crippen molar-refractivity contribution in [3.05, 3.63) is 69.5 Å². The molecule has 3 aromatic rings. The van der Waals surface area contributed by atoms with Gasteiger partial charge in [-0.05, 0) is 69.1 Å². The topological polar surface area (TPSA) is 77.7 Å². The molecule has 2 amide bonds. The van der Waals surface area contributed by atoms with Gasteiger partial charge in [-0.15, -0.1) is 0 Å². The Labute approximate surface area is 194 Å². The van der Waals surface area contributed by atoms with E-state index in [-0.39, 0.29) is 18.1 Å². The molecule has 0 bridgehead atoms. The smallest absolute Gasteiger partial charge is 0.322 e. The molecular formula is C26H32N4O3. The van der Waals surface area contributed by atoms with Crippen molar-refractivity contribution in [2.24, 2.45) is 0 Å². The van der Waals surface area contributed by atoms with E-state index in [0.29, 0.717) is 23.5 Å². The number of ether oxygens (including phenoxy) is 1. The molecular weight excluding hydrogens is 416 g/mol. The van der Waals surface area contributed by atoms with Crippen LogP contribution in [0, 0.1) is 13.8 Å². The average molecular weight is 449 g/mol. The van der Waals surface area contributed by atoms with E-state index in [2.05, 4.69) is 21.3 Å². The molecule has 0 atom stereocenters. The summed E-state index contributed by atoms with van der Waals surface area (Å²) in [5.74, 6) is 0.597. The highest BCUT2D eigenvalue weighted by Gasteiger charge is 2.20. The molecule has 1 aromatic heterocycles. The molecule has 1 saturated heterocycles. The Morgan fingerprint density at radius 3 is 2.61 bits per heavy atom. The van der Waals surface area contributed by atoms with E-state index >= 15 is 0 Å². The number of hydrogen-bond acceptors (Lipinski definition) is 4. The summed E-state index contributed by atoms with van der Waals surface area (Å²) in [4.78, 5) is 33.4. The number of aryl methyl sites for hydroxylation is 2. The molecule has 0 radical (unpaired) electrons. The van der Waals surface area contributed by atoms with E-state index in [9.17, 15) is 9.59 Å². The number of hydrogen-bond donors (Lipinski definition) is 2. The number of aromatic amines is 1. The quantitative estimate of drug-likeness (QED) is 0.565. The molecule has 4 rings (SSSR count). The molecule has 7 heteroatoms. The van der Waals surface area contributed by atoms with Crippen molar-refractivity contribution in [3.8, 4) is 5.75 Å². The zero-order valence-corrected chi connectivity index (χ0v) is 19.6. The number of aromatic nitrogens is 1.